The van der Waals surface area contributed by atoms with Crippen LogP contribution in [0.5, 0.6) is 0 Å². The van der Waals surface area contributed by atoms with Crippen LogP contribution in [-0.2, 0) is 43.3 Å². The van der Waals surface area contributed by atoms with Crippen molar-refractivity contribution in [3.8, 4) is 0 Å². The summed E-state index contributed by atoms with van der Waals surface area (Å²) >= 11 is -9.74. The van der Waals surface area contributed by atoms with Crippen molar-refractivity contribution >= 4 is 64.8 Å². The molecule has 0 saturated carbocycles. The second-order valence-electron chi connectivity index (χ2n) is 4.64. The first-order chi connectivity index (χ1) is 10.4. The van der Waals surface area contributed by atoms with Crippen molar-refractivity contribution in [3.05, 3.63) is 0 Å². The summed E-state index contributed by atoms with van der Waals surface area (Å²) in [7, 11) is 0. The Morgan fingerprint density at radius 2 is 0.708 bits per heavy atom. The average Bonchev–Trinajstić information content (AvgIpc) is 3.09. The fourth-order valence-corrected chi connectivity index (χ4v) is 13.0. The van der Waals surface area contributed by atoms with Crippen molar-refractivity contribution < 1.29 is 102 Å². The van der Waals surface area contributed by atoms with Gasteiger partial charge in [0, 0.05) is 0 Å². The Labute approximate surface area is 189 Å². The Morgan fingerprint density at radius 3 is 0.917 bits per heavy atom. The van der Waals surface area contributed by atoms with Crippen molar-refractivity contribution in [2.75, 3.05) is 0 Å². The topological polar surface area (TPSA) is 142 Å². The molecule has 5 rings (SSSR count). The Morgan fingerprint density at radius 1 is 0.500 bits per heavy atom. The molecule has 0 radical (unpaired) electrons. The standard InChI is InChI=1S/2C4H4O6.2Na.2Sb/c2*5-1(3(7)8)2(6)4(9)10;;;;/h2*1-2H,(H,7,8)(H,9,10);;;;/q2*-2;2*+1;2*+3/p-4. The second-order valence-corrected chi connectivity index (χ2v) is 14.2. The summed E-state index contributed by atoms with van der Waals surface area (Å²) in [5, 5.41) is 0. The molecule has 120 valence electrons. The zero-order chi connectivity index (χ0) is 15.3. The average molecular weight is 582 g/mol. The molecular formula is C8H4Na2O12Sb2. The molecule has 5 heterocycles. The molecule has 0 amide bonds. The molecule has 0 aliphatic carbocycles. The van der Waals surface area contributed by atoms with E-state index in [1.165, 1.54) is 0 Å². The molecule has 5 aliphatic heterocycles. The molecule has 24 heavy (non-hydrogen) atoms. The van der Waals surface area contributed by atoms with Crippen LogP contribution in [0.3, 0.4) is 0 Å². The predicted octanol–water partition coefficient (Wildman–Crippen LogP) is -9.35. The van der Waals surface area contributed by atoms with Crippen LogP contribution in [-0.4, -0.2) is 89.3 Å². The molecule has 2 spiro atoms. The van der Waals surface area contributed by atoms with Crippen molar-refractivity contribution in [2.45, 2.75) is 24.4 Å². The summed E-state index contributed by atoms with van der Waals surface area (Å²) in [5.74, 6) is -3.86. The minimum atomic E-state index is -4.87. The van der Waals surface area contributed by atoms with Gasteiger partial charge < -0.3 is 0 Å². The molecule has 16 heteroatoms. The zero-order valence-corrected chi connectivity index (χ0v) is 21.2. The van der Waals surface area contributed by atoms with E-state index in [4.69, 9.17) is 24.1 Å². The quantitative estimate of drug-likeness (QED) is 0.251. The summed E-state index contributed by atoms with van der Waals surface area (Å²) in [5.41, 5.74) is 0. The maximum atomic E-state index is 11.9. The molecule has 0 aromatic rings. The molecule has 0 aromatic carbocycles. The minimum Gasteiger partial charge on any atom is 1.00 e. The van der Waals surface area contributed by atoms with Crippen molar-refractivity contribution in [3.63, 3.8) is 0 Å². The summed E-state index contributed by atoms with van der Waals surface area (Å²) in [6, 6.07) is 0. The van der Waals surface area contributed by atoms with Crippen LogP contribution in [0.4, 0.5) is 0 Å². The fourth-order valence-electron chi connectivity index (χ4n) is 2.35. The van der Waals surface area contributed by atoms with Crippen LogP contribution < -0.4 is 59.1 Å². The Kier molecular flexibility index (Phi) is 5.41. The van der Waals surface area contributed by atoms with Gasteiger partial charge in [0.25, 0.3) is 0 Å². The zero-order valence-electron chi connectivity index (χ0n) is 12.1. The van der Waals surface area contributed by atoms with E-state index in [-0.39, 0.29) is 59.1 Å². The number of carbonyl (C=O) groups excluding carboxylic acids is 4. The van der Waals surface area contributed by atoms with Gasteiger partial charge in [-0.25, -0.2) is 0 Å². The van der Waals surface area contributed by atoms with Gasteiger partial charge >= 0.3 is 192 Å². The first kappa shape index (κ1) is 20.1. The van der Waals surface area contributed by atoms with Gasteiger partial charge in [0.2, 0.25) is 0 Å². The summed E-state index contributed by atoms with van der Waals surface area (Å²) < 4.78 is 41.0. The van der Waals surface area contributed by atoms with Gasteiger partial charge in [-0.3, -0.25) is 0 Å². The van der Waals surface area contributed by atoms with Crippen molar-refractivity contribution in [2.24, 2.45) is 0 Å². The molecular weight excluding hydrogens is 578 g/mol. The Hall–Kier alpha value is 1.36. The second kappa shape index (κ2) is 6.46. The van der Waals surface area contributed by atoms with Gasteiger partial charge in [0.1, 0.15) is 0 Å². The van der Waals surface area contributed by atoms with Gasteiger partial charge in [0.05, 0.1) is 0 Å². The van der Waals surface area contributed by atoms with Gasteiger partial charge in [0.15, 0.2) is 0 Å². The van der Waals surface area contributed by atoms with E-state index in [2.05, 4.69) is 0 Å². The monoisotopic (exact) mass is 580 g/mol. The van der Waals surface area contributed by atoms with Gasteiger partial charge in [-0.2, -0.15) is 0 Å². The third-order valence-corrected chi connectivity index (χ3v) is 13.4. The van der Waals surface area contributed by atoms with Crippen molar-refractivity contribution in [1.29, 1.82) is 0 Å². The molecule has 6 bridgehead atoms. The molecule has 5 saturated heterocycles. The SMILES string of the molecule is O=C1[O][Sb-]23[O]C(=O)C([O]2)C2[O][Sb-]4([O]C(=O)C([O]4)C1[O]3)[O]C2=O.[Na+].[Na+]. The van der Waals surface area contributed by atoms with E-state index in [0.29, 0.717) is 0 Å². The number of fused-ring (bicyclic) bond motifs is 6. The van der Waals surface area contributed by atoms with Crippen LogP contribution in [0.2, 0.25) is 0 Å². The molecule has 4 atom stereocenters. The maximum absolute atomic E-state index is 11.9. The first-order valence-corrected chi connectivity index (χ1v) is 14.2. The normalized spacial score (nSPS) is 52.3. The molecule has 0 aromatic heterocycles. The number of hydrogen-bond donors (Lipinski definition) is 0. The molecule has 4 unspecified atom stereocenters. The Balaban J connectivity index is 0.000000845. The number of carbonyl (C=O) groups is 4. The molecule has 0 N–H and O–H groups in total. The van der Waals surface area contributed by atoms with E-state index in [0.717, 1.165) is 0 Å². The van der Waals surface area contributed by atoms with E-state index in [9.17, 15) is 19.2 Å². The first-order valence-electron chi connectivity index (χ1n) is 5.86. The smallest absolute Gasteiger partial charge is 1.00 e. The largest absolute Gasteiger partial charge is 1.00 e. The predicted molar refractivity (Wildman–Crippen MR) is 55.4 cm³/mol. The number of hydrogen-bond acceptors (Lipinski definition) is 12. The number of rotatable bonds is 0. The molecule has 5 aliphatic rings. The van der Waals surface area contributed by atoms with E-state index < -0.39 is 89.3 Å². The van der Waals surface area contributed by atoms with Crippen molar-refractivity contribution in [1.82, 2.24) is 0 Å². The molecule has 5 fully saturated rings. The third-order valence-electron chi connectivity index (χ3n) is 3.26. The van der Waals surface area contributed by atoms with E-state index >= 15 is 0 Å². The Bertz CT molecular complexity index is 557. The van der Waals surface area contributed by atoms with Crippen LogP contribution in [0.1, 0.15) is 0 Å². The van der Waals surface area contributed by atoms with E-state index in [1.54, 1.807) is 0 Å². The van der Waals surface area contributed by atoms with Crippen LogP contribution in [0.15, 0.2) is 0 Å². The third kappa shape index (κ3) is 2.73. The summed E-state index contributed by atoms with van der Waals surface area (Å²) in [6.07, 6.45) is -6.06. The summed E-state index contributed by atoms with van der Waals surface area (Å²) in [4.78, 5) is 47.6. The van der Waals surface area contributed by atoms with Crippen LogP contribution in [0, 0.1) is 0 Å². The van der Waals surface area contributed by atoms with Gasteiger partial charge in [-0.1, -0.05) is 0 Å². The minimum absolute atomic E-state index is 0. The van der Waals surface area contributed by atoms with Crippen LogP contribution in [0.25, 0.3) is 0 Å². The van der Waals surface area contributed by atoms with Gasteiger partial charge in [-0.15, -0.1) is 0 Å². The maximum Gasteiger partial charge on any atom is 1.00 e. The molecule has 12 nitrogen and oxygen atoms in total. The van der Waals surface area contributed by atoms with E-state index in [1.807, 2.05) is 0 Å². The fraction of sp³-hybridized carbons (Fsp3) is 0.500. The van der Waals surface area contributed by atoms with Crippen LogP contribution >= 0.6 is 0 Å². The summed E-state index contributed by atoms with van der Waals surface area (Å²) in [6.45, 7) is 0. The van der Waals surface area contributed by atoms with Gasteiger partial charge in [-0.05, 0) is 0 Å².